The van der Waals surface area contributed by atoms with Crippen molar-refractivity contribution in [3.63, 3.8) is 0 Å². The van der Waals surface area contributed by atoms with Crippen molar-refractivity contribution in [2.75, 3.05) is 26.0 Å². The Balaban J connectivity index is 0.00000156. The van der Waals surface area contributed by atoms with Crippen LogP contribution in [0, 0.1) is 0 Å². The smallest absolute Gasteiger partial charge is 0.253 e. The Kier molecular flexibility index (Phi) is 7.60. The summed E-state index contributed by atoms with van der Waals surface area (Å²) in [6, 6.07) is 4.60. The topological polar surface area (TPSA) is 57.4 Å². The number of halogens is 2. The summed E-state index contributed by atoms with van der Waals surface area (Å²) in [5.74, 6) is 0.816. The number of ether oxygens (including phenoxy) is 1. The van der Waals surface area contributed by atoms with Gasteiger partial charge >= 0.3 is 0 Å². The molecular weight excluding hydrogens is 361 g/mol. The predicted octanol–water partition coefficient (Wildman–Crippen LogP) is 3.58. The van der Waals surface area contributed by atoms with Gasteiger partial charge in [0.25, 0.3) is 5.56 Å². The fraction of sp³-hybridized carbons (Fsp3) is 0.500. The van der Waals surface area contributed by atoms with Gasteiger partial charge in [-0.25, -0.2) is 0 Å². The van der Waals surface area contributed by atoms with Crippen LogP contribution in [-0.4, -0.2) is 36.6 Å². The van der Waals surface area contributed by atoms with E-state index in [-0.39, 0.29) is 30.4 Å². The van der Waals surface area contributed by atoms with Gasteiger partial charge in [-0.3, -0.25) is 9.69 Å². The fourth-order valence-electron chi connectivity index (χ4n) is 3.13. The first-order valence-electron chi connectivity index (χ1n) is 8.21. The van der Waals surface area contributed by atoms with E-state index in [1.807, 2.05) is 0 Å². The molecule has 0 radical (unpaired) electrons. The predicted molar refractivity (Wildman–Crippen MR) is 109 cm³/mol. The number of methoxy groups -OCH3 is 1. The van der Waals surface area contributed by atoms with E-state index in [0.717, 1.165) is 59.4 Å². The van der Waals surface area contributed by atoms with E-state index in [2.05, 4.69) is 48.2 Å². The lowest BCUT2D eigenvalue weighted by molar-refractivity contribution is 0.265. The van der Waals surface area contributed by atoms with Crippen LogP contribution in [0.15, 0.2) is 16.9 Å². The van der Waals surface area contributed by atoms with Crippen molar-refractivity contribution in [1.82, 2.24) is 9.88 Å². The summed E-state index contributed by atoms with van der Waals surface area (Å²) in [7, 11) is 3.78. The van der Waals surface area contributed by atoms with Gasteiger partial charge in [-0.05, 0) is 51.4 Å². The Morgan fingerprint density at radius 1 is 1.28 bits per heavy atom. The minimum atomic E-state index is 0. The van der Waals surface area contributed by atoms with Crippen molar-refractivity contribution in [2.45, 2.75) is 39.3 Å². The molecule has 1 aromatic carbocycles. The average molecular weight is 388 g/mol. The number of fused-ring (bicyclic) bond motifs is 3. The third-order valence-corrected chi connectivity index (χ3v) is 4.67. The molecule has 0 aliphatic carbocycles. The van der Waals surface area contributed by atoms with E-state index in [1.54, 1.807) is 7.11 Å². The van der Waals surface area contributed by atoms with Crippen molar-refractivity contribution in [3.8, 4) is 5.75 Å². The Hall–Kier alpha value is -1.43. The van der Waals surface area contributed by atoms with Gasteiger partial charge in [0.2, 0.25) is 0 Å². The number of hydrogen-bond acceptors (Lipinski definition) is 4. The van der Waals surface area contributed by atoms with E-state index >= 15 is 0 Å². The maximum atomic E-state index is 12.4. The molecule has 0 saturated carbocycles. The van der Waals surface area contributed by atoms with Crippen LogP contribution in [0.1, 0.15) is 31.4 Å². The molecule has 0 bridgehead atoms. The number of rotatable bonds is 4. The highest BCUT2D eigenvalue weighted by Crippen LogP contribution is 2.35. The summed E-state index contributed by atoms with van der Waals surface area (Å²) in [5, 5.41) is 4.37. The van der Waals surface area contributed by atoms with Gasteiger partial charge in [-0.1, -0.05) is 0 Å². The second-order valence-corrected chi connectivity index (χ2v) is 6.57. The Morgan fingerprint density at radius 3 is 2.64 bits per heavy atom. The van der Waals surface area contributed by atoms with Crippen LogP contribution in [0.5, 0.6) is 5.75 Å². The standard InChI is InChI=1S/C18H25N3O2.2ClH/c1-11(2)21(3)10-12-8-14-16(15(9-12)23-4)17-13(18(22)20-14)6-5-7-19-17;;/h8-9,11,19H,5-7,10H2,1-4H3,(H,20,22);2*1H. The van der Waals surface area contributed by atoms with Gasteiger partial charge in [0.05, 0.1) is 23.7 Å². The summed E-state index contributed by atoms with van der Waals surface area (Å²) >= 11 is 0. The third kappa shape index (κ3) is 4.22. The maximum absolute atomic E-state index is 12.4. The van der Waals surface area contributed by atoms with Gasteiger partial charge in [-0.2, -0.15) is 0 Å². The number of benzene rings is 1. The zero-order valence-electron chi connectivity index (χ0n) is 15.1. The number of aromatic nitrogens is 1. The maximum Gasteiger partial charge on any atom is 0.253 e. The van der Waals surface area contributed by atoms with Gasteiger partial charge in [0.15, 0.2) is 0 Å². The molecule has 2 heterocycles. The lowest BCUT2D eigenvalue weighted by atomic mass is 9.99. The third-order valence-electron chi connectivity index (χ3n) is 4.67. The summed E-state index contributed by atoms with van der Waals surface area (Å²) in [6.07, 6.45) is 1.80. The first-order valence-corrected chi connectivity index (χ1v) is 8.21. The Morgan fingerprint density at radius 2 is 2.00 bits per heavy atom. The molecule has 0 unspecified atom stereocenters. The molecule has 1 aromatic heterocycles. The van der Waals surface area contributed by atoms with Crippen molar-refractivity contribution in [3.05, 3.63) is 33.6 Å². The minimum Gasteiger partial charge on any atom is -0.496 e. The molecule has 1 aliphatic heterocycles. The molecule has 5 nitrogen and oxygen atoms in total. The fourth-order valence-corrected chi connectivity index (χ4v) is 3.13. The van der Waals surface area contributed by atoms with Crippen LogP contribution in [0.25, 0.3) is 10.9 Å². The van der Waals surface area contributed by atoms with Crippen LogP contribution in [0.3, 0.4) is 0 Å². The highest BCUT2D eigenvalue weighted by Gasteiger charge is 2.19. The largest absolute Gasteiger partial charge is 0.496 e. The van der Waals surface area contributed by atoms with Crippen molar-refractivity contribution in [1.29, 1.82) is 0 Å². The molecular formula is C18H27Cl2N3O2. The quantitative estimate of drug-likeness (QED) is 0.841. The molecule has 2 N–H and O–H groups in total. The minimum absolute atomic E-state index is 0. The molecule has 0 fully saturated rings. The summed E-state index contributed by atoms with van der Waals surface area (Å²) in [5.41, 5.74) is 3.77. The first kappa shape index (κ1) is 21.6. The normalized spacial score (nSPS) is 13.0. The Labute approximate surface area is 161 Å². The number of H-pyrrole nitrogens is 1. The molecule has 140 valence electrons. The number of nitrogens with one attached hydrogen (secondary N) is 2. The number of aromatic amines is 1. The summed E-state index contributed by atoms with van der Waals surface area (Å²) in [6.45, 7) is 6.05. The van der Waals surface area contributed by atoms with Crippen LogP contribution >= 0.6 is 24.8 Å². The molecule has 2 aromatic rings. The lowest BCUT2D eigenvalue weighted by Gasteiger charge is -2.23. The van der Waals surface area contributed by atoms with E-state index in [0.29, 0.717) is 6.04 Å². The van der Waals surface area contributed by atoms with E-state index in [4.69, 9.17) is 4.74 Å². The molecule has 25 heavy (non-hydrogen) atoms. The molecule has 1 aliphatic rings. The molecule has 0 amide bonds. The van der Waals surface area contributed by atoms with Crippen LogP contribution < -0.4 is 15.6 Å². The second kappa shape index (κ2) is 8.79. The second-order valence-electron chi connectivity index (χ2n) is 6.57. The van der Waals surface area contributed by atoms with E-state index < -0.39 is 0 Å². The van der Waals surface area contributed by atoms with Gasteiger partial charge in [-0.15, -0.1) is 24.8 Å². The van der Waals surface area contributed by atoms with Gasteiger partial charge < -0.3 is 15.0 Å². The van der Waals surface area contributed by atoms with Crippen molar-refractivity contribution < 1.29 is 4.74 Å². The monoisotopic (exact) mass is 387 g/mol. The van der Waals surface area contributed by atoms with Crippen molar-refractivity contribution in [2.24, 2.45) is 0 Å². The van der Waals surface area contributed by atoms with Crippen LogP contribution in [-0.2, 0) is 13.0 Å². The number of hydrogen-bond donors (Lipinski definition) is 2. The molecule has 7 heteroatoms. The molecule has 3 rings (SSSR count). The van der Waals surface area contributed by atoms with Gasteiger partial charge in [0, 0.05) is 24.7 Å². The summed E-state index contributed by atoms with van der Waals surface area (Å²) in [4.78, 5) is 17.7. The number of pyridine rings is 1. The SMILES string of the molecule is COc1cc(CN(C)C(C)C)cc2[nH]c(=O)c3c(c12)NCCC3.Cl.Cl. The Bertz CT molecular complexity index is 790. The zero-order valence-corrected chi connectivity index (χ0v) is 16.8. The first-order chi connectivity index (χ1) is 11.0. The van der Waals surface area contributed by atoms with Crippen LogP contribution in [0.4, 0.5) is 5.69 Å². The molecule has 0 spiro atoms. The summed E-state index contributed by atoms with van der Waals surface area (Å²) < 4.78 is 5.64. The van der Waals surface area contributed by atoms with E-state index in [1.165, 1.54) is 0 Å². The number of nitrogens with zero attached hydrogens (tertiary/aromatic N) is 1. The highest BCUT2D eigenvalue weighted by atomic mass is 35.5. The number of anilines is 1. The molecule has 0 atom stereocenters. The van der Waals surface area contributed by atoms with Crippen molar-refractivity contribution >= 4 is 41.4 Å². The lowest BCUT2D eigenvalue weighted by Crippen LogP contribution is -2.26. The zero-order chi connectivity index (χ0) is 16.6. The highest BCUT2D eigenvalue weighted by molar-refractivity contribution is 5.98. The average Bonchev–Trinajstić information content (AvgIpc) is 2.54. The van der Waals surface area contributed by atoms with Gasteiger partial charge in [0.1, 0.15) is 5.75 Å². The van der Waals surface area contributed by atoms with Crippen LogP contribution in [0.2, 0.25) is 0 Å². The molecule has 0 saturated heterocycles. The van der Waals surface area contributed by atoms with E-state index in [9.17, 15) is 4.79 Å².